The number of amides is 1. The minimum atomic E-state index is -0.431. The summed E-state index contributed by atoms with van der Waals surface area (Å²) in [6.45, 7) is 1.64. The van der Waals surface area contributed by atoms with Crippen LogP contribution in [-0.2, 0) is 4.79 Å². The Hall–Kier alpha value is -3.20. The molecule has 1 aliphatic heterocycles. The van der Waals surface area contributed by atoms with Crippen LogP contribution < -0.4 is 0 Å². The van der Waals surface area contributed by atoms with Gasteiger partial charge in [0.15, 0.2) is 11.0 Å². The second-order valence-corrected chi connectivity index (χ2v) is 7.95. The summed E-state index contributed by atoms with van der Waals surface area (Å²) >= 11 is 1.36. The van der Waals surface area contributed by atoms with E-state index in [9.17, 15) is 14.9 Å². The number of piperidine rings is 1. The third-order valence-corrected chi connectivity index (χ3v) is 5.93. The summed E-state index contributed by atoms with van der Waals surface area (Å²) in [5.74, 6) is 0.980. The Labute approximate surface area is 178 Å². The molecule has 0 bridgehead atoms. The first-order chi connectivity index (χ1) is 14.6. The van der Waals surface area contributed by atoms with Crippen molar-refractivity contribution in [1.82, 2.24) is 19.7 Å². The van der Waals surface area contributed by atoms with Gasteiger partial charge in [0.2, 0.25) is 5.91 Å². The number of carbonyl (C=O) groups excluding carboxylic acids is 1. The number of aromatic nitrogens is 3. The number of thioether (sulfide) groups is 1. The van der Waals surface area contributed by atoms with E-state index < -0.39 is 4.92 Å². The van der Waals surface area contributed by atoms with Gasteiger partial charge in [-0.1, -0.05) is 30.0 Å². The fourth-order valence-corrected chi connectivity index (χ4v) is 4.31. The smallest absolute Gasteiger partial charge is 0.269 e. The molecule has 4 rings (SSSR count). The Balaban J connectivity index is 1.62. The van der Waals surface area contributed by atoms with Crippen LogP contribution in [0.2, 0.25) is 0 Å². The largest absolute Gasteiger partial charge is 0.342 e. The summed E-state index contributed by atoms with van der Waals surface area (Å²) in [5.41, 5.74) is 1.60. The molecule has 1 saturated heterocycles. The Morgan fingerprint density at radius 2 is 1.70 bits per heavy atom. The molecule has 9 heteroatoms. The zero-order valence-corrected chi connectivity index (χ0v) is 17.1. The molecule has 0 radical (unpaired) electrons. The summed E-state index contributed by atoms with van der Waals surface area (Å²) < 4.78 is 1.88. The first-order valence-corrected chi connectivity index (χ1v) is 10.8. The normalized spacial score (nSPS) is 13.9. The first-order valence-electron chi connectivity index (χ1n) is 9.80. The van der Waals surface area contributed by atoms with Gasteiger partial charge < -0.3 is 4.90 Å². The standard InChI is InChI=1S/C21H21N5O3S/c27-19(24-13-5-2-6-14-24)15-30-21-23-22-20(25(21)17-7-3-1-4-8-17)16-9-11-18(12-10-16)26(28)29/h1,3-4,7-12H,2,5-6,13-15H2. The van der Waals surface area contributed by atoms with Crippen molar-refractivity contribution in [1.29, 1.82) is 0 Å². The molecule has 1 fully saturated rings. The number of carbonyl (C=O) groups is 1. The molecule has 2 aromatic carbocycles. The predicted molar refractivity (Wildman–Crippen MR) is 115 cm³/mol. The number of hydrogen-bond acceptors (Lipinski definition) is 6. The second-order valence-electron chi connectivity index (χ2n) is 7.01. The van der Waals surface area contributed by atoms with Crippen molar-refractivity contribution in [3.8, 4) is 17.1 Å². The maximum Gasteiger partial charge on any atom is 0.269 e. The molecule has 1 amide bonds. The number of para-hydroxylation sites is 1. The lowest BCUT2D eigenvalue weighted by Gasteiger charge is -2.26. The van der Waals surface area contributed by atoms with Crippen molar-refractivity contribution in [3.05, 3.63) is 64.7 Å². The van der Waals surface area contributed by atoms with Crippen molar-refractivity contribution >= 4 is 23.4 Å². The lowest BCUT2D eigenvalue weighted by molar-refractivity contribution is -0.384. The van der Waals surface area contributed by atoms with Crippen molar-refractivity contribution in [2.24, 2.45) is 0 Å². The van der Waals surface area contributed by atoms with Gasteiger partial charge in [0, 0.05) is 36.5 Å². The fourth-order valence-electron chi connectivity index (χ4n) is 3.45. The summed E-state index contributed by atoms with van der Waals surface area (Å²) in [5, 5.41) is 20.2. The highest BCUT2D eigenvalue weighted by molar-refractivity contribution is 7.99. The van der Waals surface area contributed by atoms with Crippen LogP contribution in [0.15, 0.2) is 59.8 Å². The monoisotopic (exact) mass is 423 g/mol. The van der Waals surface area contributed by atoms with E-state index in [4.69, 9.17) is 0 Å². The van der Waals surface area contributed by atoms with Crippen molar-refractivity contribution in [2.45, 2.75) is 24.4 Å². The summed E-state index contributed by atoms with van der Waals surface area (Å²) in [6.07, 6.45) is 3.29. The first kappa shape index (κ1) is 20.1. The molecule has 30 heavy (non-hydrogen) atoms. The van der Waals surface area contributed by atoms with Crippen LogP contribution >= 0.6 is 11.8 Å². The number of nitro groups is 1. The average Bonchev–Trinajstić information content (AvgIpc) is 3.22. The third-order valence-electron chi connectivity index (χ3n) is 5.02. The highest BCUT2D eigenvalue weighted by atomic mass is 32.2. The Bertz CT molecular complexity index is 1030. The quantitative estimate of drug-likeness (QED) is 0.339. The van der Waals surface area contributed by atoms with Crippen LogP contribution in [-0.4, -0.2) is 49.3 Å². The Kier molecular flexibility index (Phi) is 6.08. The average molecular weight is 423 g/mol. The van der Waals surface area contributed by atoms with Crippen LogP contribution in [0, 0.1) is 10.1 Å². The van der Waals surface area contributed by atoms with E-state index in [1.54, 1.807) is 12.1 Å². The van der Waals surface area contributed by atoms with E-state index in [2.05, 4.69) is 10.2 Å². The zero-order chi connectivity index (χ0) is 20.9. The lowest BCUT2D eigenvalue weighted by Crippen LogP contribution is -2.36. The van der Waals surface area contributed by atoms with Crippen LogP contribution in [0.5, 0.6) is 0 Å². The summed E-state index contributed by atoms with van der Waals surface area (Å²) in [6, 6.07) is 15.9. The molecule has 3 aromatic rings. The van der Waals surface area contributed by atoms with E-state index in [0.717, 1.165) is 31.6 Å². The van der Waals surface area contributed by atoms with E-state index in [1.165, 1.54) is 30.3 Å². The minimum Gasteiger partial charge on any atom is -0.342 e. The van der Waals surface area contributed by atoms with E-state index in [0.29, 0.717) is 22.3 Å². The van der Waals surface area contributed by atoms with Gasteiger partial charge in [-0.15, -0.1) is 10.2 Å². The highest BCUT2D eigenvalue weighted by Gasteiger charge is 2.21. The molecule has 8 nitrogen and oxygen atoms in total. The molecule has 0 N–H and O–H groups in total. The van der Waals surface area contributed by atoms with Gasteiger partial charge in [-0.05, 0) is 43.5 Å². The van der Waals surface area contributed by atoms with Gasteiger partial charge in [-0.3, -0.25) is 19.5 Å². The van der Waals surface area contributed by atoms with Crippen molar-refractivity contribution in [2.75, 3.05) is 18.8 Å². The number of hydrogen-bond donors (Lipinski definition) is 0. The highest BCUT2D eigenvalue weighted by Crippen LogP contribution is 2.29. The number of benzene rings is 2. The molecular weight excluding hydrogens is 402 g/mol. The van der Waals surface area contributed by atoms with Crippen LogP contribution in [0.4, 0.5) is 5.69 Å². The molecule has 154 valence electrons. The molecule has 1 aromatic heterocycles. The van der Waals surface area contributed by atoms with Crippen LogP contribution in [0.3, 0.4) is 0 Å². The maximum absolute atomic E-state index is 12.6. The molecule has 0 saturated carbocycles. The maximum atomic E-state index is 12.6. The Morgan fingerprint density at radius 1 is 1.00 bits per heavy atom. The SMILES string of the molecule is O=C(CSc1nnc(-c2ccc([N+](=O)[O-])cc2)n1-c1ccccc1)N1CCCCC1. The molecule has 2 heterocycles. The summed E-state index contributed by atoms with van der Waals surface area (Å²) in [4.78, 5) is 25.0. The second kappa shape index (κ2) is 9.08. The number of nitro benzene ring substituents is 1. The topological polar surface area (TPSA) is 94.2 Å². The van der Waals surface area contributed by atoms with Gasteiger partial charge >= 0.3 is 0 Å². The molecule has 1 aliphatic rings. The molecule has 0 aliphatic carbocycles. The van der Waals surface area contributed by atoms with E-state index in [1.807, 2.05) is 39.8 Å². The van der Waals surface area contributed by atoms with Crippen LogP contribution in [0.25, 0.3) is 17.1 Å². The van der Waals surface area contributed by atoms with Gasteiger partial charge in [-0.2, -0.15) is 0 Å². The molecule has 0 atom stereocenters. The number of rotatable bonds is 6. The van der Waals surface area contributed by atoms with Crippen LogP contribution in [0.1, 0.15) is 19.3 Å². The lowest BCUT2D eigenvalue weighted by atomic mass is 10.1. The predicted octanol–water partition coefficient (Wildman–Crippen LogP) is 3.95. The van der Waals surface area contributed by atoms with Crippen molar-refractivity contribution in [3.63, 3.8) is 0 Å². The molecule has 0 unspecified atom stereocenters. The molecule has 0 spiro atoms. The van der Waals surface area contributed by atoms with Gasteiger partial charge in [-0.25, -0.2) is 0 Å². The third kappa shape index (κ3) is 4.35. The zero-order valence-electron chi connectivity index (χ0n) is 16.3. The van der Waals surface area contributed by atoms with E-state index in [-0.39, 0.29) is 11.6 Å². The van der Waals surface area contributed by atoms with Crippen molar-refractivity contribution < 1.29 is 9.72 Å². The fraction of sp³-hybridized carbons (Fsp3) is 0.286. The van der Waals surface area contributed by atoms with Gasteiger partial charge in [0.25, 0.3) is 5.69 Å². The minimum absolute atomic E-state index is 0.0197. The number of likely N-dealkylation sites (tertiary alicyclic amines) is 1. The van der Waals surface area contributed by atoms with Gasteiger partial charge in [0.05, 0.1) is 10.7 Å². The molecular formula is C21H21N5O3S. The number of non-ortho nitro benzene ring substituents is 1. The number of nitrogens with zero attached hydrogens (tertiary/aromatic N) is 5. The summed E-state index contributed by atoms with van der Waals surface area (Å²) in [7, 11) is 0. The Morgan fingerprint density at radius 3 is 2.37 bits per heavy atom. The van der Waals surface area contributed by atoms with E-state index >= 15 is 0 Å². The van der Waals surface area contributed by atoms with Gasteiger partial charge in [0.1, 0.15) is 0 Å².